The van der Waals surface area contributed by atoms with Crippen molar-refractivity contribution in [2.45, 2.75) is 18.5 Å². The van der Waals surface area contributed by atoms with Crippen molar-refractivity contribution < 1.29 is 4.74 Å². The summed E-state index contributed by atoms with van der Waals surface area (Å²) in [5.74, 6) is 0. The van der Waals surface area contributed by atoms with Gasteiger partial charge in [-0.25, -0.2) is 0 Å². The Hall–Kier alpha value is -0.120. The maximum absolute atomic E-state index is 5.05. The van der Waals surface area contributed by atoms with E-state index in [2.05, 4.69) is 10.2 Å². The van der Waals surface area contributed by atoms with Gasteiger partial charge in [0.15, 0.2) is 0 Å². The first-order chi connectivity index (χ1) is 5.42. The molecule has 3 heteroatoms. The van der Waals surface area contributed by atoms with Crippen molar-refractivity contribution in [3.8, 4) is 0 Å². The lowest BCUT2D eigenvalue weighted by Crippen LogP contribution is -2.68. The normalized spacial score (nSPS) is 36.8. The highest BCUT2D eigenvalue weighted by Crippen LogP contribution is 2.27. The summed E-state index contributed by atoms with van der Waals surface area (Å²) >= 11 is 0. The van der Waals surface area contributed by atoms with E-state index in [-0.39, 0.29) is 0 Å². The first-order valence-corrected chi connectivity index (χ1v) is 4.37. The largest absolute Gasteiger partial charge is 0.383 e. The number of rotatable bonds is 3. The predicted molar refractivity (Wildman–Crippen MR) is 43.6 cm³/mol. The van der Waals surface area contributed by atoms with Crippen LogP contribution in [0.3, 0.4) is 0 Å². The van der Waals surface area contributed by atoms with Gasteiger partial charge in [-0.3, -0.25) is 4.90 Å². The molecule has 0 radical (unpaired) electrons. The van der Waals surface area contributed by atoms with Gasteiger partial charge in [0.1, 0.15) is 0 Å². The second-order valence-corrected chi connectivity index (χ2v) is 3.43. The highest BCUT2D eigenvalue weighted by Gasteiger charge is 2.40. The van der Waals surface area contributed by atoms with Crippen LogP contribution in [-0.2, 0) is 4.74 Å². The molecule has 3 heterocycles. The van der Waals surface area contributed by atoms with Crippen molar-refractivity contribution in [3.63, 3.8) is 0 Å². The van der Waals surface area contributed by atoms with E-state index >= 15 is 0 Å². The molecule has 64 valence electrons. The molecule has 0 aromatic heterocycles. The van der Waals surface area contributed by atoms with E-state index in [0.29, 0.717) is 0 Å². The third kappa shape index (κ3) is 1.28. The summed E-state index contributed by atoms with van der Waals surface area (Å²) in [7, 11) is 1.77. The van der Waals surface area contributed by atoms with Crippen molar-refractivity contribution in [2.24, 2.45) is 0 Å². The summed E-state index contributed by atoms with van der Waals surface area (Å²) in [5.41, 5.74) is 0. The molecule has 0 aromatic carbocycles. The first kappa shape index (κ1) is 7.53. The fourth-order valence-corrected chi connectivity index (χ4v) is 2.12. The summed E-state index contributed by atoms with van der Waals surface area (Å²) in [6.45, 7) is 4.36. The molecule has 3 aliphatic heterocycles. The number of ether oxygens (including phenoxy) is 1. The van der Waals surface area contributed by atoms with Crippen LogP contribution in [0.4, 0.5) is 0 Å². The number of fused-ring (bicyclic) bond motifs is 2. The summed E-state index contributed by atoms with van der Waals surface area (Å²) < 4.78 is 5.05. The molecule has 3 aliphatic rings. The fourth-order valence-electron chi connectivity index (χ4n) is 2.12. The molecule has 2 bridgehead atoms. The van der Waals surface area contributed by atoms with Crippen LogP contribution >= 0.6 is 0 Å². The molecule has 3 saturated heterocycles. The predicted octanol–water partition coefficient (Wildman–Crippen LogP) is -0.321. The monoisotopic (exact) mass is 156 g/mol. The van der Waals surface area contributed by atoms with Crippen LogP contribution in [0.15, 0.2) is 0 Å². The lowest BCUT2D eigenvalue weighted by Gasteiger charge is -2.53. The molecule has 3 rings (SSSR count). The van der Waals surface area contributed by atoms with Gasteiger partial charge >= 0.3 is 0 Å². The summed E-state index contributed by atoms with van der Waals surface area (Å²) in [5, 5.41) is 3.41. The molecule has 11 heavy (non-hydrogen) atoms. The second-order valence-electron chi connectivity index (χ2n) is 3.43. The Morgan fingerprint density at radius 1 is 1.45 bits per heavy atom. The van der Waals surface area contributed by atoms with Crippen LogP contribution in [0.25, 0.3) is 0 Å². The lowest BCUT2D eigenvalue weighted by atomic mass is 9.89. The second kappa shape index (κ2) is 3.09. The van der Waals surface area contributed by atoms with Crippen molar-refractivity contribution in [1.29, 1.82) is 0 Å². The number of nitrogens with zero attached hydrogens (tertiary/aromatic N) is 1. The van der Waals surface area contributed by atoms with Gasteiger partial charge in [0, 0.05) is 38.8 Å². The SMILES string of the molecule is COCCN1C2CNCC1C2. The summed E-state index contributed by atoms with van der Waals surface area (Å²) in [6.07, 6.45) is 1.40. The number of piperidine rings is 1. The highest BCUT2D eigenvalue weighted by atomic mass is 16.5. The number of piperazine rings is 1. The minimum Gasteiger partial charge on any atom is -0.383 e. The summed E-state index contributed by atoms with van der Waals surface area (Å²) in [4.78, 5) is 2.56. The van der Waals surface area contributed by atoms with Gasteiger partial charge in [0.05, 0.1) is 6.61 Å². The smallest absolute Gasteiger partial charge is 0.0589 e. The molecule has 2 unspecified atom stereocenters. The maximum Gasteiger partial charge on any atom is 0.0589 e. The van der Waals surface area contributed by atoms with Crippen LogP contribution in [0.2, 0.25) is 0 Å². The van der Waals surface area contributed by atoms with Gasteiger partial charge in [-0.2, -0.15) is 0 Å². The van der Waals surface area contributed by atoms with Crippen molar-refractivity contribution in [1.82, 2.24) is 10.2 Å². The number of hydrogen-bond acceptors (Lipinski definition) is 3. The van der Waals surface area contributed by atoms with Gasteiger partial charge in [-0.15, -0.1) is 0 Å². The average Bonchev–Trinajstić information content (AvgIpc) is 2.06. The van der Waals surface area contributed by atoms with Gasteiger partial charge in [0.25, 0.3) is 0 Å². The van der Waals surface area contributed by atoms with Crippen LogP contribution in [0, 0.1) is 0 Å². The Bertz CT molecular complexity index is 126. The van der Waals surface area contributed by atoms with Crippen LogP contribution in [0.1, 0.15) is 6.42 Å². The van der Waals surface area contributed by atoms with E-state index in [0.717, 1.165) is 25.2 Å². The van der Waals surface area contributed by atoms with E-state index < -0.39 is 0 Å². The zero-order chi connectivity index (χ0) is 7.68. The molecule has 0 aromatic rings. The summed E-state index contributed by atoms with van der Waals surface area (Å²) in [6, 6.07) is 1.62. The minimum atomic E-state index is 0.809. The maximum atomic E-state index is 5.05. The third-order valence-corrected chi connectivity index (χ3v) is 2.80. The number of nitrogens with one attached hydrogen (secondary N) is 1. The van der Waals surface area contributed by atoms with Crippen molar-refractivity contribution in [3.05, 3.63) is 0 Å². The Labute approximate surface area is 67.7 Å². The minimum absolute atomic E-state index is 0.809. The lowest BCUT2D eigenvalue weighted by molar-refractivity contribution is -0.0281. The zero-order valence-corrected chi connectivity index (χ0v) is 7.05. The quantitative estimate of drug-likeness (QED) is 0.606. The molecule has 0 spiro atoms. The van der Waals surface area contributed by atoms with E-state index in [1.165, 1.54) is 19.5 Å². The molecule has 0 amide bonds. The van der Waals surface area contributed by atoms with Gasteiger partial charge in [-0.05, 0) is 6.42 Å². The van der Waals surface area contributed by atoms with Gasteiger partial charge in [-0.1, -0.05) is 0 Å². The van der Waals surface area contributed by atoms with Gasteiger partial charge < -0.3 is 10.1 Å². The fraction of sp³-hybridized carbons (Fsp3) is 1.00. The van der Waals surface area contributed by atoms with Crippen molar-refractivity contribution in [2.75, 3.05) is 33.4 Å². The molecular formula is C8H16N2O. The Balaban J connectivity index is 1.77. The van der Waals surface area contributed by atoms with Crippen molar-refractivity contribution >= 4 is 0 Å². The van der Waals surface area contributed by atoms with Crippen LogP contribution in [-0.4, -0.2) is 50.3 Å². The first-order valence-electron chi connectivity index (χ1n) is 4.37. The van der Waals surface area contributed by atoms with Crippen LogP contribution in [0.5, 0.6) is 0 Å². The van der Waals surface area contributed by atoms with E-state index in [1.54, 1.807) is 7.11 Å². The highest BCUT2D eigenvalue weighted by molar-refractivity contribution is 4.99. The van der Waals surface area contributed by atoms with E-state index in [1.807, 2.05) is 0 Å². The molecular weight excluding hydrogens is 140 g/mol. The molecule has 2 atom stereocenters. The molecule has 1 N–H and O–H groups in total. The average molecular weight is 156 g/mol. The van der Waals surface area contributed by atoms with E-state index in [9.17, 15) is 0 Å². The zero-order valence-electron chi connectivity index (χ0n) is 7.05. The Kier molecular flexibility index (Phi) is 2.11. The van der Waals surface area contributed by atoms with Gasteiger partial charge in [0.2, 0.25) is 0 Å². The number of hydrogen-bond donors (Lipinski definition) is 1. The Morgan fingerprint density at radius 2 is 2.18 bits per heavy atom. The third-order valence-electron chi connectivity index (χ3n) is 2.80. The Morgan fingerprint density at radius 3 is 2.73 bits per heavy atom. The topological polar surface area (TPSA) is 24.5 Å². The molecule has 0 aliphatic carbocycles. The van der Waals surface area contributed by atoms with E-state index in [4.69, 9.17) is 4.74 Å². The molecule has 3 nitrogen and oxygen atoms in total. The number of methoxy groups -OCH3 is 1. The molecule has 0 saturated carbocycles. The van der Waals surface area contributed by atoms with Crippen LogP contribution < -0.4 is 5.32 Å². The molecule has 3 fully saturated rings. The standard InChI is InChI=1S/C8H16N2O/c1-11-3-2-10-7-4-8(10)6-9-5-7/h7-9H,2-6H2,1H3.